The predicted octanol–water partition coefficient (Wildman–Crippen LogP) is 8.13. The second-order valence-electron chi connectivity index (χ2n) is 12.4. The topological polar surface area (TPSA) is 43.6 Å². The van der Waals surface area contributed by atoms with Gasteiger partial charge in [-0.3, -0.25) is 4.57 Å². The number of hydrogen-bond donors (Lipinski definition) is 0. The van der Waals surface area contributed by atoms with Crippen LogP contribution in [0.15, 0.2) is 194 Å². The van der Waals surface area contributed by atoms with Gasteiger partial charge in [-0.05, 0) is 32.9 Å². The Bertz CT molecular complexity index is 2440. The summed E-state index contributed by atoms with van der Waals surface area (Å²) >= 11 is 0. The van der Waals surface area contributed by atoms with Crippen molar-refractivity contribution in [2.75, 3.05) is 0 Å². The lowest BCUT2D eigenvalue weighted by molar-refractivity contribution is 0.953. The Morgan fingerprint density at radius 1 is 0.353 bits per heavy atom. The van der Waals surface area contributed by atoms with Crippen LogP contribution in [0.25, 0.3) is 50.5 Å². The van der Waals surface area contributed by atoms with E-state index in [-0.39, 0.29) is 7.43 Å². The molecule has 0 bridgehead atoms. The second kappa shape index (κ2) is 13.5. The van der Waals surface area contributed by atoms with E-state index in [1.54, 1.807) is 0 Å². The van der Waals surface area contributed by atoms with E-state index in [1.807, 2.05) is 18.2 Å². The van der Waals surface area contributed by atoms with E-state index in [9.17, 15) is 0 Å². The zero-order chi connectivity index (χ0) is 33.3. The first-order valence-corrected chi connectivity index (χ1v) is 18.9. The second-order valence-corrected chi connectivity index (χ2v) is 16.3. The van der Waals surface area contributed by atoms with Gasteiger partial charge >= 0.3 is 0 Å². The van der Waals surface area contributed by atoms with E-state index in [4.69, 9.17) is 15.0 Å². The molecule has 0 radical (unpaired) electrons. The monoisotopic (exact) mass is 671 g/mol. The van der Waals surface area contributed by atoms with Crippen molar-refractivity contribution < 1.29 is 0 Å². The summed E-state index contributed by atoms with van der Waals surface area (Å²) in [6, 6.07) is 69.0. The fourth-order valence-electron chi connectivity index (χ4n) is 7.40. The molecule has 7 aromatic carbocycles. The van der Waals surface area contributed by atoms with Gasteiger partial charge in [0.2, 0.25) is 5.95 Å². The van der Waals surface area contributed by atoms with Gasteiger partial charge in [0.15, 0.2) is 19.7 Å². The van der Waals surface area contributed by atoms with Gasteiger partial charge in [-0.15, -0.1) is 0 Å². The third-order valence-electron chi connectivity index (χ3n) is 9.61. The van der Waals surface area contributed by atoms with E-state index < -0.39 is 8.07 Å². The van der Waals surface area contributed by atoms with Crippen LogP contribution in [-0.4, -0.2) is 27.6 Å². The molecule has 0 atom stereocenters. The van der Waals surface area contributed by atoms with Crippen LogP contribution in [0.5, 0.6) is 0 Å². The highest BCUT2D eigenvalue weighted by molar-refractivity contribution is 7.19. The summed E-state index contributed by atoms with van der Waals surface area (Å²) < 4.78 is 2.17. The average Bonchev–Trinajstić information content (AvgIpc) is 3.54. The van der Waals surface area contributed by atoms with Crippen LogP contribution in [0.3, 0.4) is 0 Å². The van der Waals surface area contributed by atoms with E-state index in [1.165, 1.54) is 20.7 Å². The molecular formula is C46H35N4Si-. The molecular weight excluding hydrogens is 637 g/mol. The van der Waals surface area contributed by atoms with Gasteiger partial charge in [-0.25, -0.2) is 4.98 Å². The molecule has 2 heterocycles. The highest BCUT2D eigenvalue weighted by Gasteiger charge is 2.41. The van der Waals surface area contributed by atoms with E-state index in [0.29, 0.717) is 17.6 Å². The van der Waals surface area contributed by atoms with Crippen molar-refractivity contribution in [3.8, 4) is 28.7 Å². The molecule has 9 aromatic rings. The molecule has 0 aliphatic carbocycles. The maximum atomic E-state index is 5.27. The SMILES string of the molecule is [CH3-].c1ccc(-c2nc(-c3cccc([Si](c4ccccc4)(c4ccccc4)c4ccccc4)c3)nc(-n3c4ccccc4c4ccccc43)n2)cc1. The number of benzene rings is 7. The molecule has 0 spiro atoms. The minimum absolute atomic E-state index is 0. The van der Waals surface area contributed by atoms with Gasteiger partial charge in [-0.2, -0.15) is 9.97 Å². The molecule has 0 aliphatic heterocycles. The van der Waals surface area contributed by atoms with Crippen molar-refractivity contribution in [2.45, 2.75) is 0 Å². The number of rotatable bonds is 7. The lowest BCUT2D eigenvalue weighted by Crippen LogP contribution is -2.74. The molecule has 0 fully saturated rings. The Balaban J connectivity index is 0.00000374. The molecule has 0 aliphatic rings. The van der Waals surface area contributed by atoms with Crippen LogP contribution in [0.1, 0.15) is 0 Å². The number of fused-ring (bicyclic) bond motifs is 3. The van der Waals surface area contributed by atoms with Crippen molar-refractivity contribution in [3.05, 3.63) is 202 Å². The van der Waals surface area contributed by atoms with E-state index in [0.717, 1.165) is 32.9 Å². The summed E-state index contributed by atoms with van der Waals surface area (Å²) in [6.07, 6.45) is 0. The maximum Gasteiger partial charge on any atom is 0.238 e. The highest BCUT2D eigenvalue weighted by atomic mass is 28.3. The first kappa shape index (κ1) is 31.8. The van der Waals surface area contributed by atoms with Crippen molar-refractivity contribution in [1.82, 2.24) is 19.5 Å². The van der Waals surface area contributed by atoms with Crippen LogP contribution < -0.4 is 20.7 Å². The van der Waals surface area contributed by atoms with Crippen molar-refractivity contribution >= 4 is 50.6 Å². The molecule has 244 valence electrons. The third kappa shape index (κ3) is 5.45. The summed E-state index contributed by atoms with van der Waals surface area (Å²) in [5.41, 5.74) is 4.00. The smallest absolute Gasteiger partial charge is 0.238 e. The van der Waals surface area contributed by atoms with Crippen LogP contribution in [0.4, 0.5) is 0 Å². The van der Waals surface area contributed by atoms with Crippen LogP contribution in [-0.2, 0) is 0 Å². The molecule has 0 N–H and O–H groups in total. The van der Waals surface area contributed by atoms with Gasteiger partial charge in [0.05, 0.1) is 11.0 Å². The Morgan fingerprint density at radius 3 is 1.25 bits per heavy atom. The summed E-state index contributed by atoms with van der Waals surface area (Å²) in [4.78, 5) is 15.6. The van der Waals surface area contributed by atoms with Crippen molar-refractivity contribution in [1.29, 1.82) is 0 Å². The molecule has 0 amide bonds. The minimum Gasteiger partial charge on any atom is -0.358 e. The lowest BCUT2D eigenvalue weighted by atomic mass is 10.2. The Kier molecular flexibility index (Phi) is 8.40. The van der Waals surface area contributed by atoms with Crippen molar-refractivity contribution in [2.24, 2.45) is 0 Å². The highest BCUT2D eigenvalue weighted by Crippen LogP contribution is 2.32. The Hall–Kier alpha value is -6.43. The van der Waals surface area contributed by atoms with E-state index in [2.05, 4.69) is 180 Å². The summed E-state index contributed by atoms with van der Waals surface area (Å²) in [5, 5.41) is 7.55. The molecule has 51 heavy (non-hydrogen) atoms. The average molecular weight is 672 g/mol. The van der Waals surface area contributed by atoms with E-state index >= 15 is 0 Å². The van der Waals surface area contributed by atoms with Gasteiger partial charge < -0.3 is 7.43 Å². The zero-order valence-corrected chi connectivity index (χ0v) is 29.3. The number of hydrogen-bond acceptors (Lipinski definition) is 3. The van der Waals surface area contributed by atoms with Crippen LogP contribution in [0, 0.1) is 7.43 Å². The van der Waals surface area contributed by atoms with Gasteiger partial charge in [0.1, 0.15) is 0 Å². The molecule has 0 unspecified atom stereocenters. The maximum absolute atomic E-state index is 5.27. The number of aromatic nitrogens is 4. The lowest BCUT2D eigenvalue weighted by Gasteiger charge is -2.34. The third-order valence-corrected chi connectivity index (χ3v) is 14.4. The molecule has 4 nitrogen and oxygen atoms in total. The molecule has 0 saturated carbocycles. The fraction of sp³-hybridized carbons (Fsp3) is 0. The molecule has 2 aromatic heterocycles. The van der Waals surface area contributed by atoms with Crippen molar-refractivity contribution in [3.63, 3.8) is 0 Å². The fourth-order valence-corrected chi connectivity index (χ4v) is 12.2. The zero-order valence-electron chi connectivity index (χ0n) is 28.3. The largest absolute Gasteiger partial charge is 0.358 e. The standard InChI is InChI=1S/C45H32N4Si.CH3/c1-5-18-33(19-6-1)43-46-44(48-45(47-43)49-41-30-15-13-28-39(41)40-29-14-16-31-42(40)49)34-20-17-27-38(32-34)50(35-21-7-2-8-22-35,36-23-9-3-10-24-36)37-25-11-4-12-26-37;/h1-32H;1H3/q;-1. The number of para-hydroxylation sites is 2. The van der Waals surface area contributed by atoms with Crippen LogP contribution >= 0.6 is 0 Å². The van der Waals surface area contributed by atoms with Gasteiger partial charge in [-0.1, -0.05) is 182 Å². The predicted molar refractivity (Wildman–Crippen MR) is 215 cm³/mol. The first-order chi connectivity index (χ1) is 24.8. The first-order valence-electron chi connectivity index (χ1n) is 16.9. The molecule has 9 rings (SSSR count). The summed E-state index contributed by atoms with van der Waals surface area (Å²) in [7, 11) is -2.76. The van der Waals surface area contributed by atoms with Gasteiger partial charge in [0.25, 0.3) is 0 Å². The molecule has 5 heteroatoms. The summed E-state index contributed by atoms with van der Waals surface area (Å²) in [5.74, 6) is 1.86. The quantitative estimate of drug-likeness (QED) is 0.0977. The van der Waals surface area contributed by atoms with Crippen LogP contribution in [0.2, 0.25) is 0 Å². The Labute approximate surface area is 299 Å². The minimum atomic E-state index is -2.76. The summed E-state index contributed by atoms with van der Waals surface area (Å²) in [6.45, 7) is 0. The van der Waals surface area contributed by atoms with Gasteiger partial charge in [0, 0.05) is 21.9 Å². The molecule has 0 saturated heterocycles. The normalized spacial score (nSPS) is 11.4. The Morgan fingerprint density at radius 2 is 0.745 bits per heavy atom. The number of nitrogens with zero attached hydrogens (tertiary/aromatic N) is 4.